The van der Waals surface area contributed by atoms with Crippen molar-refractivity contribution in [1.82, 2.24) is 4.57 Å². The Hall–Kier alpha value is -3.56. The van der Waals surface area contributed by atoms with Gasteiger partial charge in [0.15, 0.2) is 3.95 Å². The highest BCUT2D eigenvalue weighted by Gasteiger charge is 2.17. The molecule has 1 amide bonds. The monoisotopic (exact) mass is 465 g/mol. The highest BCUT2D eigenvalue weighted by atomic mass is 32.1. The summed E-state index contributed by atoms with van der Waals surface area (Å²) in [5, 5.41) is 13.4. The van der Waals surface area contributed by atoms with Gasteiger partial charge in [-0.1, -0.05) is 18.2 Å². The molecule has 0 saturated carbocycles. The Kier molecular flexibility index (Phi) is 6.29. The lowest BCUT2D eigenvalue weighted by atomic mass is 10.1. The molecule has 4 rings (SSSR count). The third-order valence-electron chi connectivity index (χ3n) is 4.72. The molecule has 32 heavy (non-hydrogen) atoms. The number of aromatic hydroxyl groups is 1. The quantitative estimate of drug-likeness (QED) is 0.392. The SMILES string of the molecule is CCOC(=O)c1ccc(NC(=O)Cn2c(O)c(/C=C3/C=Nc4ccccc43)sc2=S)cc1. The summed E-state index contributed by atoms with van der Waals surface area (Å²) in [6.07, 6.45) is 3.55. The number of ether oxygens (including phenoxy) is 1. The zero-order valence-corrected chi connectivity index (χ0v) is 18.7. The van der Waals surface area contributed by atoms with Crippen LogP contribution in [0.4, 0.5) is 11.4 Å². The number of allylic oxidation sites excluding steroid dienone is 1. The molecule has 1 aliphatic heterocycles. The molecule has 7 nitrogen and oxygen atoms in total. The smallest absolute Gasteiger partial charge is 0.338 e. The zero-order chi connectivity index (χ0) is 22.7. The van der Waals surface area contributed by atoms with Gasteiger partial charge < -0.3 is 15.2 Å². The van der Waals surface area contributed by atoms with Crippen LogP contribution in [0, 0.1) is 3.95 Å². The molecule has 0 aliphatic carbocycles. The Balaban J connectivity index is 1.48. The lowest BCUT2D eigenvalue weighted by molar-refractivity contribution is -0.116. The van der Waals surface area contributed by atoms with Crippen LogP contribution >= 0.6 is 23.6 Å². The standard InChI is InChI=1S/C23H19N3O4S2/c1-2-30-22(29)14-7-9-16(10-8-14)25-20(27)13-26-21(28)19(32-23(26)31)11-15-12-24-18-6-4-3-5-17(15)18/h3-12,28H,2,13H2,1H3,(H,25,27)/b15-11-. The van der Waals surface area contributed by atoms with Crippen LogP contribution in [-0.2, 0) is 16.1 Å². The molecule has 2 aromatic carbocycles. The molecule has 0 unspecified atom stereocenters. The number of amides is 1. The molecule has 0 saturated heterocycles. The molecule has 3 aromatic rings. The van der Waals surface area contributed by atoms with Crippen molar-refractivity contribution in [3.8, 4) is 5.88 Å². The topological polar surface area (TPSA) is 92.9 Å². The molecule has 2 heterocycles. The fourth-order valence-corrected chi connectivity index (χ4v) is 4.45. The maximum atomic E-state index is 12.5. The highest BCUT2D eigenvalue weighted by Crippen LogP contribution is 2.35. The van der Waals surface area contributed by atoms with E-state index >= 15 is 0 Å². The number of carbonyl (C=O) groups is 2. The van der Waals surface area contributed by atoms with Crippen LogP contribution in [0.15, 0.2) is 53.5 Å². The van der Waals surface area contributed by atoms with E-state index in [0.29, 0.717) is 26.7 Å². The van der Waals surface area contributed by atoms with Gasteiger partial charge >= 0.3 is 5.97 Å². The minimum atomic E-state index is -0.420. The first-order valence-electron chi connectivity index (χ1n) is 9.81. The van der Waals surface area contributed by atoms with Crippen molar-refractivity contribution in [3.63, 3.8) is 0 Å². The molecule has 0 fully saturated rings. The van der Waals surface area contributed by atoms with Crippen molar-refractivity contribution in [2.45, 2.75) is 13.5 Å². The molecule has 0 spiro atoms. The number of rotatable bonds is 6. The third kappa shape index (κ3) is 4.53. The van der Waals surface area contributed by atoms with E-state index in [-0.39, 0.29) is 18.3 Å². The fraction of sp³-hybridized carbons (Fsp3) is 0.130. The summed E-state index contributed by atoms with van der Waals surface area (Å²) in [5.74, 6) is -0.848. The van der Waals surface area contributed by atoms with E-state index in [1.165, 1.54) is 15.9 Å². The van der Waals surface area contributed by atoms with Crippen LogP contribution < -0.4 is 5.32 Å². The first kappa shape index (κ1) is 21.7. The Bertz CT molecular complexity index is 1300. The predicted octanol–water partition coefficient (Wildman–Crippen LogP) is 5.06. The summed E-state index contributed by atoms with van der Waals surface area (Å²) in [5.41, 5.74) is 3.63. The molecular weight excluding hydrogens is 446 g/mol. The van der Waals surface area contributed by atoms with E-state index in [1.54, 1.807) is 37.4 Å². The van der Waals surface area contributed by atoms with Crippen LogP contribution in [0.2, 0.25) is 0 Å². The lowest BCUT2D eigenvalue weighted by Crippen LogP contribution is -2.18. The van der Waals surface area contributed by atoms with Gasteiger partial charge in [0.2, 0.25) is 11.8 Å². The number of benzene rings is 2. The van der Waals surface area contributed by atoms with Crippen LogP contribution in [0.3, 0.4) is 0 Å². The van der Waals surface area contributed by atoms with Crippen molar-refractivity contribution in [2.75, 3.05) is 11.9 Å². The molecule has 2 N–H and O–H groups in total. The van der Waals surface area contributed by atoms with Gasteiger partial charge in [-0.15, -0.1) is 11.3 Å². The Morgan fingerprint density at radius 1 is 1.22 bits per heavy atom. The van der Waals surface area contributed by atoms with Gasteiger partial charge in [-0.2, -0.15) is 0 Å². The van der Waals surface area contributed by atoms with Crippen molar-refractivity contribution in [3.05, 3.63) is 68.5 Å². The van der Waals surface area contributed by atoms with Crippen LogP contribution in [-0.4, -0.2) is 34.4 Å². The fourth-order valence-electron chi connectivity index (χ4n) is 3.19. The molecule has 1 aromatic heterocycles. The van der Waals surface area contributed by atoms with E-state index in [4.69, 9.17) is 17.0 Å². The molecule has 0 radical (unpaired) electrons. The summed E-state index contributed by atoms with van der Waals surface area (Å²) in [6.45, 7) is 1.88. The molecular formula is C23H19N3O4S2. The number of carbonyl (C=O) groups excluding carboxylic acids is 2. The maximum Gasteiger partial charge on any atom is 0.338 e. The summed E-state index contributed by atoms with van der Waals surface area (Å²) in [4.78, 5) is 29.2. The second-order valence-corrected chi connectivity index (χ2v) is 8.54. The Labute approximate surface area is 193 Å². The Morgan fingerprint density at radius 2 is 1.97 bits per heavy atom. The summed E-state index contributed by atoms with van der Waals surface area (Å²) in [7, 11) is 0. The number of esters is 1. The zero-order valence-electron chi connectivity index (χ0n) is 17.1. The first-order chi connectivity index (χ1) is 15.5. The number of nitrogens with zero attached hydrogens (tertiary/aromatic N) is 2. The second-order valence-electron chi connectivity index (χ2n) is 6.86. The molecule has 1 aliphatic rings. The van der Waals surface area contributed by atoms with Gasteiger partial charge in [0.25, 0.3) is 0 Å². The van der Waals surface area contributed by atoms with Crippen LogP contribution in [0.25, 0.3) is 11.6 Å². The highest BCUT2D eigenvalue weighted by molar-refractivity contribution is 7.73. The van der Waals surface area contributed by atoms with Crippen molar-refractivity contribution < 1.29 is 19.4 Å². The van der Waals surface area contributed by atoms with Gasteiger partial charge in [0.05, 0.1) is 22.7 Å². The van der Waals surface area contributed by atoms with Crippen molar-refractivity contribution >= 4 is 64.7 Å². The largest absolute Gasteiger partial charge is 0.493 e. The number of thiazole rings is 1. The number of aliphatic imine (C=N–C) groups is 1. The van der Waals surface area contributed by atoms with E-state index in [9.17, 15) is 14.7 Å². The molecule has 0 atom stereocenters. The number of para-hydroxylation sites is 1. The van der Waals surface area contributed by atoms with Gasteiger partial charge in [0.1, 0.15) is 6.54 Å². The number of anilines is 1. The number of nitrogens with one attached hydrogen (secondary N) is 1. The number of hydrogen-bond acceptors (Lipinski definition) is 7. The summed E-state index contributed by atoms with van der Waals surface area (Å²) < 4.78 is 6.70. The minimum absolute atomic E-state index is 0.0712. The summed E-state index contributed by atoms with van der Waals surface area (Å²) in [6, 6.07) is 14.1. The van der Waals surface area contributed by atoms with E-state index in [2.05, 4.69) is 10.3 Å². The van der Waals surface area contributed by atoms with Gasteiger partial charge in [-0.05, 0) is 55.5 Å². The minimum Gasteiger partial charge on any atom is -0.493 e. The van der Waals surface area contributed by atoms with E-state index < -0.39 is 5.97 Å². The number of hydrogen-bond donors (Lipinski definition) is 2. The number of fused-ring (bicyclic) bond motifs is 1. The predicted molar refractivity (Wildman–Crippen MR) is 128 cm³/mol. The molecule has 162 valence electrons. The Morgan fingerprint density at radius 3 is 2.72 bits per heavy atom. The third-order valence-corrected chi connectivity index (χ3v) is 6.11. The van der Waals surface area contributed by atoms with Gasteiger partial charge in [0, 0.05) is 23.0 Å². The average Bonchev–Trinajstić information content (AvgIpc) is 3.31. The second kappa shape index (κ2) is 9.29. The normalized spacial score (nSPS) is 13.2. The molecule has 9 heteroatoms. The lowest BCUT2D eigenvalue weighted by Gasteiger charge is -2.08. The van der Waals surface area contributed by atoms with Crippen LogP contribution in [0.1, 0.15) is 27.7 Å². The number of aromatic nitrogens is 1. The van der Waals surface area contributed by atoms with Crippen molar-refractivity contribution in [2.24, 2.45) is 4.99 Å². The first-order valence-corrected chi connectivity index (χ1v) is 11.0. The van der Waals surface area contributed by atoms with Crippen molar-refractivity contribution in [1.29, 1.82) is 0 Å². The maximum absolute atomic E-state index is 12.5. The van der Waals surface area contributed by atoms with E-state index in [0.717, 1.165) is 16.8 Å². The van der Waals surface area contributed by atoms with Crippen LogP contribution in [0.5, 0.6) is 5.88 Å². The van der Waals surface area contributed by atoms with E-state index in [1.807, 2.05) is 30.3 Å². The average molecular weight is 466 g/mol. The van der Waals surface area contributed by atoms with Gasteiger partial charge in [-0.25, -0.2) is 4.79 Å². The van der Waals surface area contributed by atoms with Gasteiger partial charge in [-0.3, -0.25) is 14.4 Å². The molecule has 0 bridgehead atoms. The summed E-state index contributed by atoms with van der Waals surface area (Å²) >= 11 is 6.58.